The summed E-state index contributed by atoms with van der Waals surface area (Å²) in [6.45, 7) is 3.70. The highest BCUT2D eigenvalue weighted by Gasteiger charge is 2.07. The van der Waals surface area contributed by atoms with Crippen LogP contribution in [0.2, 0.25) is 0 Å². The summed E-state index contributed by atoms with van der Waals surface area (Å²) in [5.74, 6) is 0.290. The second-order valence-electron chi connectivity index (χ2n) is 5.17. The van der Waals surface area contributed by atoms with Gasteiger partial charge in [0.15, 0.2) is 0 Å². The molecule has 0 heterocycles. The van der Waals surface area contributed by atoms with E-state index in [4.69, 9.17) is 0 Å². The molecule has 0 fully saturated rings. The molecule has 2 rings (SSSR count). The maximum absolute atomic E-state index is 12.0. The normalized spacial score (nSPS) is 10.4. The van der Waals surface area contributed by atoms with E-state index in [1.807, 2.05) is 26.0 Å². The molecule has 2 aromatic carbocycles. The molecular formula is C17H19NO3. The lowest BCUT2D eigenvalue weighted by molar-refractivity contribution is -0.116. The van der Waals surface area contributed by atoms with Crippen LogP contribution in [0.15, 0.2) is 36.4 Å². The van der Waals surface area contributed by atoms with E-state index in [9.17, 15) is 15.0 Å². The molecule has 0 aliphatic carbocycles. The Morgan fingerprint density at radius 1 is 1.05 bits per heavy atom. The Bertz CT molecular complexity index is 665. The number of rotatable bonds is 4. The average molecular weight is 285 g/mol. The maximum Gasteiger partial charge on any atom is 0.224 e. The summed E-state index contributed by atoms with van der Waals surface area (Å²) in [6.07, 6.45) is 0.949. The van der Waals surface area contributed by atoms with Crippen molar-refractivity contribution >= 4 is 11.6 Å². The zero-order valence-corrected chi connectivity index (χ0v) is 12.2. The molecule has 0 atom stereocenters. The van der Waals surface area contributed by atoms with E-state index in [0.29, 0.717) is 18.5 Å². The topological polar surface area (TPSA) is 69.6 Å². The molecular weight excluding hydrogens is 266 g/mol. The van der Waals surface area contributed by atoms with Gasteiger partial charge in [-0.05, 0) is 49.1 Å². The Morgan fingerprint density at radius 2 is 1.81 bits per heavy atom. The van der Waals surface area contributed by atoms with Gasteiger partial charge in [-0.15, -0.1) is 0 Å². The van der Waals surface area contributed by atoms with Gasteiger partial charge in [0.2, 0.25) is 5.91 Å². The first-order valence-electron chi connectivity index (χ1n) is 6.83. The van der Waals surface area contributed by atoms with Crippen LogP contribution in [0.4, 0.5) is 5.69 Å². The number of carbonyl (C=O) groups is 1. The molecule has 0 unspecified atom stereocenters. The Morgan fingerprint density at radius 3 is 2.52 bits per heavy atom. The van der Waals surface area contributed by atoms with Crippen molar-refractivity contribution in [3.63, 3.8) is 0 Å². The highest BCUT2D eigenvalue weighted by molar-refractivity contribution is 5.91. The molecule has 1 amide bonds. The first kappa shape index (κ1) is 14.9. The number of benzene rings is 2. The van der Waals surface area contributed by atoms with E-state index in [2.05, 4.69) is 5.32 Å². The van der Waals surface area contributed by atoms with Gasteiger partial charge in [-0.1, -0.05) is 18.2 Å². The first-order chi connectivity index (χ1) is 9.95. The largest absolute Gasteiger partial charge is 0.508 e. The van der Waals surface area contributed by atoms with Gasteiger partial charge in [-0.2, -0.15) is 0 Å². The molecule has 0 bridgehead atoms. The number of phenolic OH excluding ortho intramolecular Hbond substituents is 2. The summed E-state index contributed by atoms with van der Waals surface area (Å²) in [4.78, 5) is 12.0. The third-order valence-corrected chi connectivity index (χ3v) is 3.40. The van der Waals surface area contributed by atoms with Gasteiger partial charge in [0.05, 0.1) is 0 Å². The number of aryl methyl sites for hydroxylation is 3. The fourth-order valence-electron chi connectivity index (χ4n) is 2.09. The molecule has 110 valence electrons. The molecule has 0 aliphatic heterocycles. The predicted molar refractivity (Wildman–Crippen MR) is 82.6 cm³/mol. The number of amides is 1. The fourth-order valence-corrected chi connectivity index (χ4v) is 2.09. The monoisotopic (exact) mass is 285 g/mol. The van der Waals surface area contributed by atoms with Gasteiger partial charge < -0.3 is 15.5 Å². The van der Waals surface area contributed by atoms with Crippen LogP contribution in [-0.4, -0.2) is 16.1 Å². The van der Waals surface area contributed by atoms with Gasteiger partial charge in [0.25, 0.3) is 0 Å². The summed E-state index contributed by atoms with van der Waals surface area (Å²) in [5.41, 5.74) is 3.34. The molecule has 4 nitrogen and oxygen atoms in total. The summed E-state index contributed by atoms with van der Waals surface area (Å²) in [6, 6.07) is 10.2. The predicted octanol–water partition coefficient (Wildman–Crippen LogP) is 3.29. The third-order valence-electron chi connectivity index (χ3n) is 3.40. The smallest absolute Gasteiger partial charge is 0.224 e. The Hall–Kier alpha value is -2.49. The molecule has 0 saturated heterocycles. The van der Waals surface area contributed by atoms with Crippen LogP contribution in [0.5, 0.6) is 11.5 Å². The van der Waals surface area contributed by atoms with Gasteiger partial charge in [0.1, 0.15) is 11.5 Å². The number of hydrogen-bond donors (Lipinski definition) is 3. The average Bonchev–Trinajstić information content (AvgIpc) is 2.44. The summed E-state index contributed by atoms with van der Waals surface area (Å²) < 4.78 is 0. The van der Waals surface area contributed by atoms with E-state index in [1.54, 1.807) is 18.2 Å². The zero-order chi connectivity index (χ0) is 15.4. The molecule has 0 spiro atoms. The van der Waals surface area contributed by atoms with Crippen LogP contribution in [0.1, 0.15) is 23.1 Å². The summed E-state index contributed by atoms with van der Waals surface area (Å²) in [5, 5.41) is 21.7. The minimum Gasteiger partial charge on any atom is -0.508 e. The number of anilines is 1. The molecule has 2 aromatic rings. The highest BCUT2D eigenvalue weighted by Crippen LogP contribution is 2.21. The molecule has 3 N–H and O–H groups in total. The Balaban J connectivity index is 1.95. The second kappa shape index (κ2) is 6.31. The Labute approximate surface area is 124 Å². The van der Waals surface area contributed by atoms with Crippen LogP contribution in [0.3, 0.4) is 0 Å². The standard InChI is InChI=1S/C17H19NO3/c1-11-3-6-14(19)10-15(11)18-17(21)8-5-13-4-7-16(20)12(2)9-13/h3-4,6-7,9-10,19-20H,5,8H2,1-2H3,(H,18,21). The van der Waals surface area contributed by atoms with Crippen molar-refractivity contribution < 1.29 is 15.0 Å². The molecule has 0 aromatic heterocycles. The molecule has 0 aliphatic rings. The van der Waals surface area contributed by atoms with Crippen LogP contribution in [-0.2, 0) is 11.2 Å². The molecule has 21 heavy (non-hydrogen) atoms. The number of aromatic hydroxyl groups is 2. The third kappa shape index (κ3) is 3.99. The van der Waals surface area contributed by atoms with Gasteiger partial charge in [-0.25, -0.2) is 0 Å². The molecule has 0 saturated carbocycles. The summed E-state index contributed by atoms with van der Waals surface area (Å²) in [7, 11) is 0. The van der Waals surface area contributed by atoms with E-state index in [-0.39, 0.29) is 17.4 Å². The van der Waals surface area contributed by atoms with Gasteiger partial charge in [-0.3, -0.25) is 4.79 Å². The van der Waals surface area contributed by atoms with E-state index < -0.39 is 0 Å². The van der Waals surface area contributed by atoms with E-state index in [1.165, 1.54) is 6.07 Å². The van der Waals surface area contributed by atoms with Crippen LogP contribution >= 0.6 is 0 Å². The Kier molecular flexibility index (Phi) is 4.48. The van der Waals surface area contributed by atoms with Crippen LogP contribution < -0.4 is 5.32 Å². The number of carbonyl (C=O) groups excluding carboxylic acids is 1. The van der Waals surface area contributed by atoms with Gasteiger partial charge in [0, 0.05) is 18.2 Å². The first-order valence-corrected chi connectivity index (χ1v) is 6.83. The maximum atomic E-state index is 12.0. The van der Waals surface area contributed by atoms with Gasteiger partial charge >= 0.3 is 0 Å². The van der Waals surface area contributed by atoms with E-state index >= 15 is 0 Å². The highest BCUT2D eigenvalue weighted by atomic mass is 16.3. The lowest BCUT2D eigenvalue weighted by Crippen LogP contribution is -2.13. The minimum absolute atomic E-state index is 0.102. The van der Waals surface area contributed by atoms with Crippen molar-refractivity contribution in [1.82, 2.24) is 0 Å². The van der Waals surface area contributed by atoms with E-state index in [0.717, 1.165) is 16.7 Å². The van der Waals surface area contributed by atoms with Crippen LogP contribution in [0.25, 0.3) is 0 Å². The number of hydrogen-bond acceptors (Lipinski definition) is 3. The summed E-state index contributed by atoms with van der Waals surface area (Å²) >= 11 is 0. The van der Waals surface area contributed by atoms with Crippen molar-refractivity contribution in [2.45, 2.75) is 26.7 Å². The van der Waals surface area contributed by atoms with Crippen molar-refractivity contribution in [3.8, 4) is 11.5 Å². The van der Waals surface area contributed by atoms with Crippen molar-refractivity contribution in [1.29, 1.82) is 0 Å². The van der Waals surface area contributed by atoms with Crippen molar-refractivity contribution in [2.75, 3.05) is 5.32 Å². The number of nitrogens with one attached hydrogen (secondary N) is 1. The zero-order valence-electron chi connectivity index (χ0n) is 12.2. The van der Waals surface area contributed by atoms with Crippen LogP contribution in [0, 0.1) is 13.8 Å². The second-order valence-corrected chi connectivity index (χ2v) is 5.17. The quantitative estimate of drug-likeness (QED) is 0.807. The lowest BCUT2D eigenvalue weighted by Gasteiger charge is -2.09. The van der Waals surface area contributed by atoms with Crippen molar-refractivity contribution in [3.05, 3.63) is 53.1 Å². The molecule has 4 heteroatoms. The SMILES string of the molecule is Cc1cc(CCC(=O)Nc2cc(O)ccc2C)ccc1O. The lowest BCUT2D eigenvalue weighted by atomic mass is 10.1. The minimum atomic E-state index is -0.102. The fraction of sp³-hybridized carbons (Fsp3) is 0.235. The molecule has 0 radical (unpaired) electrons. The van der Waals surface area contributed by atoms with Crippen molar-refractivity contribution in [2.24, 2.45) is 0 Å². The number of phenols is 2.